The molecule has 1 heterocycles. The molecule has 1 saturated carbocycles. The second-order valence-corrected chi connectivity index (χ2v) is 5.46. The van der Waals surface area contributed by atoms with Crippen LogP contribution in [0.5, 0.6) is 0 Å². The van der Waals surface area contributed by atoms with E-state index in [1.165, 1.54) is 55.6 Å². The van der Waals surface area contributed by atoms with E-state index in [0.29, 0.717) is 0 Å². The quantitative estimate of drug-likeness (QED) is 0.717. The van der Waals surface area contributed by atoms with Crippen molar-refractivity contribution in [1.82, 2.24) is 4.98 Å². The molecule has 2 rings (SSSR count). The van der Waals surface area contributed by atoms with Crippen LogP contribution in [0.4, 0.5) is 0 Å². The highest BCUT2D eigenvalue weighted by molar-refractivity contribution is 7.09. The Balaban J connectivity index is 2.00. The number of thiazole rings is 1. The van der Waals surface area contributed by atoms with Crippen LogP contribution < -0.4 is 0 Å². The van der Waals surface area contributed by atoms with Gasteiger partial charge < -0.3 is 0 Å². The normalized spacial score (nSPS) is 19.8. The van der Waals surface area contributed by atoms with E-state index in [9.17, 15) is 0 Å². The lowest BCUT2D eigenvalue weighted by Crippen LogP contribution is -2.02. The van der Waals surface area contributed by atoms with Crippen LogP contribution in [-0.4, -0.2) is 4.98 Å². The zero-order chi connectivity index (χ0) is 10.5. The van der Waals surface area contributed by atoms with Crippen molar-refractivity contribution < 1.29 is 0 Å². The molecule has 0 aromatic carbocycles. The maximum Gasteiger partial charge on any atom is 0.0959 e. The molecule has 2 heteroatoms. The second-order valence-electron chi connectivity index (χ2n) is 4.57. The first-order valence-corrected chi connectivity index (χ1v) is 7.22. The minimum Gasteiger partial charge on any atom is -0.246 e. The molecular formula is C13H21NS. The molecule has 1 aromatic rings. The van der Waals surface area contributed by atoms with E-state index in [4.69, 9.17) is 4.98 Å². The van der Waals surface area contributed by atoms with Gasteiger partial charge >= 0.3 is 0 Å². The average molecular weight is 223 g/mol. The van der Waals surface area contributed by atoms with Crippen LogP contribution in [0.25, 0.3) is 0 Å². The Bertz CT molecular complexity index is 284. The Morgan fingerprint density at radius 3 is 2.47 bits per heavy atom. The van der Waals surface area contributed by atoms with Gasteiger partial charge in [0, 0.05) is 11.3 Å². The van der Waals surface area contributed by atoms with Crippen molar-refractivity contribution in [2.45, 2.75) is 64.2 Å². The highest BCUT2D eigenvalue weighted by Gasteiger charge is 2.16. The predicted molar refractivity (Wildman–Crippen MR) is 66.6 cm³/mol. The highest BCUT2D eigenvalue weighted by atomic mass is 32.1. The van der Waals surface area contributed by atoms with Crippen molar-refractivity contribution in [2.24, 2.45) is 0 Å². The standard InChI is InChI=1S/C13H21NS/c1-2-12-10-15-13(14-12)11-8-6-4-3-5-7-9-11/h10-11H,2-9H2,1H3. The Labute approximate surface area is 96.9 Å². The van der Waals surface area contributed by atoms with E-state index in [-0.39, 0.29) is 0 Å². The van der Waals surface area contributed by atoms with Gasteiger partial charge in [-0.15, -0.1) is 11.3 Å². The predicted octanol–water partition coefficient (Wildman–Crippen LogP) is 4.53. The van der Waals surface area contributed by atoms with Gasteiger partial charge in [-0.2, -0.15) is 0 Å². The molecule has 0 aliphatic heterocycles. The van der Waals surface area contributed by atoms with Gasteiger partial charge in [0.2, 0.25) is 0 Å². The molecule has 15 heavy (non-hydrogen) atoms. The van der Waals surface area contributed by atoms with Gasteiger partial charge in [0.25, 0.3) is 0 Å². The smallest absolute Gasteiger partial charge is 0.0959 e. The van der Waals surface area contributed by atoms with Crippen molar-refractivity contribution in [3.05, 3.63) is 16.1 Å². The van der Waals surface area contributed by atoms with Gasteiger partial charge in [-0.1, -0.05) is 39.0 Å². The second kappa shape index (κ2) is 5.64. The van der Waals surface area contributed by atoms with E-state index >= 15 is 0 Å². The topological polar surface area (TPSA) is 12.9 Å². The number of aryl methyl sites for hydroxylation is 1. The lowest BCUT2D eigenvalue weighted by molar-refractivity contribution is 0.454. The first kappa shape index (κ1) is 11.1. The van der Waals surface area contributed by atoms with Crippen LogP contribution in [0, 0.1) is 0 Å². The van der Waals surface area contributed by atoms with Gasteiger partial charge in [0.05, 0.1) is 10.7 Å². The van der Waals surface area contributed by atoms with Crippen LogP contribution in [0.15, 0.2) is 5.38 Å². The summed E-state index contributed by atoms with van der Waals surface area (Å²) in [5.41, 5.74) is 1.29. The van der Waals surface area contributed by atoms with Crippen LogP contribution in [0.2, 0.25) is 0 Å². The van der Waals surface area contributed by atoms with Gasteiger partial charge in [0.1, 0.15) is 0 Å². The molecule has 84 valence electrons. The minimum atomic E-state index is 0.774. The lowest BCUT2D eigenvalue weighted by atomic mass is 9.92. The van der Waals surface area contributed by atoms with Gasteiger partial charge in [0.15, 0.2) is 0 Å². The molecule has 0 N–H and O–H groups in total. The summed E-state index contributed by atoms with van der Waals surface area (Å²) in [4.78, 5) is 4.74. The SMILES string of the molecule is CCc1csc(C2CCCCCCC2)n1. The number of hydrogen-bond donors (Lipinski definition) is 0. The van der Waals surface area contributed by atoms with Crippen molar-refractivity contribution >= 4 is 11.3 Å². The summed E-state index contributed by atoms with van der Waals surface area (Å²) in [7, 11) is 0. The van der Waals surface area contributed by atoms with Crippen LogP contribution >= 0.6 is 11.3 Å². The third-order valence-corrected chi connectivity index (χ3v) is 4.44. The Morgan fingerprint density at radius 2 is 1.87 bits per heavy atom. The Hall–Kier alpha value is -0.370. The monoisotopic (exact) mass is 223 g/mol. The fraction of sp³-hybridized carbons (Fsp3) is 0.769. The molecule has 0 radical (unpaired) electrons. The summed E-state index contributed by atoms with van der Waals surface area (Å²) >= 11 is 1.89. The van der Waals surface area contributed by atoms with Crippen LogP contribution in [-0.2, 0) is 6.42 Å². The molecule has 1 aromatic heterocycles. The number of aromatic nitrogens is 1. The van der Waals surface area contributed by atoms with Gasteiger partial charge in [-0.3, -0.25) is 0 Å². The van der Waals surface area contributed by atoms with E-state index < -0.39 is 0 Å². The van der Waals surface area contributed by atoms with E-state index in [1.807, 2.05) is 11.3 Å². The molecule has 1 aliphatic rings. The maximum atomic E-state index is 4.74. The number of nitrogens with zero attached hydrogens (tertiary/aromatic N) is 1. The summed E-state index contributed by atoms with van der Waals surface area (Å²) in [6, 6.07) is 0. The zero-order valence-corrected chi connectivity index (χ0v) is 10.5. The lowest BCUT2D eigenvalue weighted by Gasteiger charge is -2.17. The minimum absolute atomic E-state index is 0.774. The summed E-state index contributed by atoms with van der Waals surface area (Å²) < 4.78 is 0. The van der Waals surface area contributed by atoms with E-state index in [2.05, 4.69) is 12.3 Å². The Kier molecular flexibility index (Phi) is 4.18. The molecule has 1 fully saturated rings. The molecule has 0 amide bonds. The van der Waals surface area contributed by atoms with Gasteiger partial charge in [-0.25, -0.2) is 4.98 Å². The van der Waals surface area contributed by atoms with Crippen molar-refractivity contribution in [2.75, 3.05) is 0 Å². The molecular weight excluding hydrogens is 202 g/mol. The van der Waals surface area contributed by atoms with Crippen LogP contribution in [0.1, 0.15) is 68.5 Å². The fourth-order valence-corrected chi connectivity index (χ4v) is 3.45. The average Bonchev–Trinajstić information content (AvgIpc) is 2.65. The summed E-state index contributed by atoms with van der Waals surface area (Å²) in [5.74, 6) is 0.774. The summed E-state index contributed by atoms with van der Waals surface area (Å²) in [6.45, 7) is 2.19. The zero-order valence-electron chi connectivity index (χ0n) is 9.67. The molecule has 0 spiro atoms. The van der Waals surface area contributed by atoms with Crippen molar-refractivity contribution in [1.29, 1.82) is 0 Å². The molecule has 0 unspecified atom stereocenters. The Morgan fingerprint density at radius 1 is 1.20 bits per heavy atom. The highest BCUT2D eigenvalue weighted by Crippen LogP contribution is 2.32. The fourth-order valence-electron chi connectivity index (χ4n) is 2.38. The van der Waals surface area contributed by atoms with E-state index in [0.717, 1.165) is 12.3 Å². The number of rotatable bonds is 2. The van der Waals surface area contributed by atoms with E-state index in [1.54, 1.807) is 0 Å². The molecule has 0 atom stereocenters. The van der Waals surface area contributed by atoms with Crippen LogP contribution in [0.3, 0.4) is 0 Å². The third-order valence-electron chi connectivity index (χ3n) is 3.39. The first-order valence-electron chi connectivity index (χ1n) is 6.34. The van der Waals surface area contributed by atoms with Crippen molar-refractivity contribution in [3.63, 3.8) is 0 Å². The summed E-state index contributed by atoms with van der Waals surface area (Å²) in [6.07, 6.45) is 11.0. The molecule has 1 nitrogen and oxygen atoms in total. The van der Waals surface area contributed by atoms with Crippen molar-refractivity contribution in [3.8, 4) is 0 Å². The summed E-state index contributed by atoms with van der Waals surface area (Å²) in [5, 5.41) is 3.66. The largest absolute Gasteiger partial charge is 0.246 e. The van der Waals surface area contributed by atoms with Gasteiger partial charge in [-0.05, 0) is 19.3 Å². The maximum absolute atomic E-state index is 4.74. The molecule has 0 bridgehead atoms. The molecule has 1 aliphatic carbocycles. The number of hydrogen-bond acceptors (Lipinski definition) is 2. The molecule has 0 saturated heterocycles. The first-order chi connectivity index (χ1) is 7.40. The third kappa shape index (κ3) is 3.04.